The molecule has 11 heteroatoms. The molecule has 1 aliphatic heterocycles. The molecule has 0 N–H and O–H groups in total. The van der Waals surface area contributed by atoms with Gasteiger partial charge in [0.2, 0.25) is 0 Å². The smallest absolute Gasteiger partial charge is 0.343 e. The van der Waals surface area contributed by atoms with Gasteiger partial charge in [-0.25, -0.2) is 4.79 Å². The third-order valence-electron chi connectivity index (χ3n) is 4.07. The Kier molecular flexibility index (Phi) is 6.46. The average Bonchev–Trinajstić information content (AvgIpc) is 3.02. The van der Waals surface area contributed by atoms with Gasteiger partial charge >= 0.3 is 11.9 Å². The predicted molar refractivity (Wildman–Crippen MR) is 109 cm³/mol. The summed E-state index contributed by atoms with van der Waals surface area (Å²) in [6, 6.07) is 11.2. The molecule has 2 amide bonds. The summed E-state index contributed by atoms with van der Waals surface area (Å²) in [4.78, 5) is 58.9. The number of nitro benzene ring substituents is 1. The summed E-state index contributed by atoms with van der Waals surface area (Å²) in [6.45, 7) is -0.467. The minimum absolute atomic E-state index is 0.0255. The highest BCUT2D eigenvalue weighted by atomic mass is 32.2. The Morgan fingerprint density at radius 3 is 2.52 bits per heavy atom. The molecule has 0 unspecified atom stereocenters. The van der Waals surface area contributed by atoms with Crippen LogP contribution in [0.15, 0.2) is 53.4 Å². The van der Waals surface area contributed by atoms with E-state index in [2.05, 4.69) is 4.74 Å². The number of rotatable bonds is 6. The van der Waals surface area contributed by atoms with Gasteiger partial charge in [0.1, 0.15) is 12.3 Å². The maximum Gasteiger partial charge on any atom is 0.343 e. The molecule has 158 valence electrons. The Hall–Kier alpha value is -3.99. The lowest BCUT2D eigenvalue weighted by atomic mass is 10.2. The highest BCUT2D eigenvalue weighted by molar-refractivity contribution is 8.18. The second-order valence-corrected chi connectivity index (χ2v) is 7.10. The fraction of sp³-hybridized carbons (Fsp3) is 0.100. The van der Waals surface area contributed by atoms with Crippen LogP contribution in [0.4, 0.5) is 10.5 Å². The van der Waals surface area contributed by atoms with Crippen LogP contribution in [0.3, 0.4) is 0 Å². The van der Waals surface area contributed by atoms with Crippen LogP contribution in [-0.2, 0) is 14.3 Å². The zero-order valence-electron chi connectivity index (χ0n) is 16.0. The van der Waals surface area contributed by atoms with E-state index in [9.17, 15) is 29.3 Å². The molecule has 1 aliphatic rings. The van der Waals surface area contributed by atoms with Crippen molar-refractivity contribution < 1.29 is 33.6 Å². The third-order valence-corrected chi connectivity index (χ3v) is 4.98. The first-order valence-corrected chi connectivity index (χ1v) is 9.49. The molecule has 10 nitrogen and oxygen atoms in total. The second-order valence-electron chi connectivity index (χ2n) is 6.11. The van der Waals surface area contributed by atoms with Crippen LogP contribution in [0.5, 0.6) is 5.75 Å². The van der Waals surface area contributed by atoms with Gasteiger partial charge in [-0.2, -0.15) is 0 Å². The van der Waals surface area contributed by atoms with Crippen LogP contribution in [0, 0.1) is 10.1 Å². The molecular formula is C20H14N2O8S. The van der Waals surface area contributed by atoms with Crippen LogP contribution in [0.2, 0.25) is 0 Å². The lowest BCUT2D eigenvalue weighted by Crippen LogP contribution is -2.34. The van der Waals surface area contributed by atoms with Crippen molar-refractivity contribution in [2.45, 2.75) is 0 Å². The molecule has 3 rings (SSSR count). The number of hydrogen-bond donors (Lipinski definition) is 0. The number of carbonyl (C=O) groups excluding carboxylic acids is 4. The van der Waals surface area contributed by atoms with Gasteiger partial charge in [0.15, 0.2) is 0 Å². The molecular weight excluding hydrogens is 428 g/mol. The van der Waals surface area contributed by atoms with Crippen LogP contribution in [-0.4, -0.2) is 46.6 Å². The van der Waals surface area contributed by atoms with Gasteiger partial charge in [-0.1, -0.05) is 18.2 Å². The summed E-state index contributed by atoms with van der Waals surface area (Å²) in [6.07, 6.45) is 1.47. The monoisotopic (exact) mass is 442 g/mol. The van der Waals surface area contributed by atoms with E-state index in [1.807, 2.05) is 0 Å². The zero-order chi connectivity index (χ0) is 22.5. The van der Waals surface area contributed by atoms with Crippen LogP contribution in [0.25, 0.3) is 6.08 Å². The number of nitrogens with zero attached hydrogens (tertiary/aromatic N) is 2. The molecule has 0 aliphatic carbocycles. The molecule has 0 bridgehead atoms. The van der Waals surface area contributed by atoms with E-state index in [1.165, 1.54) is 36.4 Å². The van der Waals surface area contributed by atoms with Crippen LogP contribution < -0.4 is 4.74 Å². The van der Waals surface area contributed by atoms with Crippen molar-refractivity contribution >= 4 is 46.6 Å². The number of hydrogen-bond acceptors (Lipinski definition) is 9. The number of ether oxygens (including phenoxy) is 2. The fourth-order valence-electron chi connectivity index (χ4n) is 2.53. The van der Waals surface area contributed by atoms with Crippen molar-refractivity contribution in [2.24, 2.45) is 0 Å². The topological polar surface area (TPSA) is 133 Å². The average molecular weight is 442 g/mol. The third kappa shape index (κ3) is 5.14. The summed E-state index contributed by atoms with van der Waals surface area (Å²) in [7, 11) is 1.16. The predicted octanol–water partition coefficient (Wildman–Crippen LogP) is 3.02. The van der Waals surface area contributed by atoms with Crippen molar-refractivity contribution in [2.75, 3.05) is 13.7 Å². The Morgan fingerprint density at radius 2 is 1.87 bits per heavy atom. The molecule has 1 saturated heterocycles. The highest BCUT2D eigenvalue weighted by Gasteiger charge is 2.36. The number of carbonyl (C=O) groups is 4. The van der Waals surface area contributed by atoms with Gasteiger partial charge in [-0.05, 0) is 41.6 Å². The number of thioether (sulfide) groups is 1. The number of imide groups is 1. The van der Waals surface area contributed by atoms with Gasteiger partial charge < -0.3 is 9.47 Å². The number of non-ortho nitro benzene ring substituents is 1. The maximum atomic E-state index is 12.3. The lowest BCUT2D eigenvalue weighted by molar-refractivity contribution is -0.384. The van der Waals surface area contributed by atoms with Crippen molar-refractivity contribution in [1.82, 2.24) is 4.90 Å². The largest absolute Gasteiger partial charge is 0.468 e. The van der Waals surface area contributed by atoms with Crippen LogP contribution >= 0.6 is 11.8 Å². The summed E-state index contributed by atoms with van der Waals surface area (Å²) in [5, 5.41) is 10.2. The SMILES string of the molecule is COC(=O)CN1C(=O)S/C(=C\c2ccc(OC(=O)c3cccc([N+](=O)[O-])c3)cc2)C1=O. The number of benzene rings is 2. The normalized spacial score (nSPS) is 14.6. The first kappa shape index (κ1) is 21.7. The minimum Gasteiger partial charge on any atom is -0.468 e. The van der Waals surface area contributed by atoms with Gasteiger partial charge in [0.05, 0.1) is 22.5 Å². The zero-order valence-corrected chi connectivity index (χ0v) is 16.8. The number of amides is 2. The van der Waals surface area contributed by atoms with Gasteiger partial charge in [-0.15, -0.1) is 0 Å². The second kappa shape index (κ2) is 9.22. The summed E-state index contributed by atoms with van der Waals surface area (Å²) >= 11 is 0.695. The van der Waals surface area contributed by atoms with E-state index in [1.54, 1.807) is 12.1 Å². The van der Waals surface area contributed by atoms with E-state index in [0.717, 1.165) is 18.1 Å². The van der Waals surface area contributed by atoms with Crippen molar-refractivity contribution in [1.29, 1.82) is 0 Å². The first-order chi connectivity index (χ1) is 14.8. The highest BCUT2D eigenvalue weighted by Crippen LogP contribution is 2.32. The van der Waals surface area contributed by atoms with E-state index < -0.39 is 34.6 Å². The molecule has 2 aromatic carbocycles. The Bertz CT molecular complexity index is 1110. The fourth-order valence-corrected chi connectivity index (χ4v) is 3.36. The quantitative estimate of drug-likeness (QED) is 0.218. The van der Waals surface area contributed by atoms with E-state index >= 15 is 0 Å². The maximum absolute atomic E-state index is 12.3. The molecule has 1 fully saturated rings. The molecule has 2 aromatic rings. The van der Waals surface area contributed by atoms with E-state index in [4.69, 9.17) is 4.74 Å². The van der Waals surface area contributed by atoms with Gasteiger partial charge in [0, 0.05) is 12.1 Å². The minimum atomic E-state index is -0.764. The Morgan fingerprint density at radius 1 is 1.16 bits per heavy atom. The van der Waals surface area contributed by atoms with Gasteiger partial charge in [-0.3, -0.25) is 29.4 Å². The summed E-state index contributed by atoms with van der Waals surface area (Å²) in [5.41, 5.74) is 0.349. The van der Waals surface area contributed by atoms with E-state index in [0.29, 0.717) is 17.3 Å². The molecule has 31 heavy (non-hydrogen) atoms. The van der Waals surface area contributed by atoms with E-state index in [-0.39, 0.29) is 21.9 Å². The molecule has 0 aromatic heterocycles. The standard InChI is InChI=1S/C20H14N2O8S/c1-29-17(23)11-21-18(24)16(31-20(21)26)9-12-5-7-15(8-6-12)30-19(25)13-3-2-4-14(10-13)22(27)28/h2-10H,11H2,1H3/b16-9-. The number of esters is 2. The van der Waals surface area contributed by atoms with Crippen molar-refractivity contribution in [3.8, 4) is 5.75 Å². The summed E-state index contributed by atoms with van der Waals surface area (Å²) < 4.78 is 9.67. The molecule has 0 spiro atoms. The number of methoxy groups -OCH3 is 1. The van der Waals surface area contributed by atoms with Crippen LogP contribution in [0.1, 0.15) is 15.9 Å². The first-order valence-electron chi connectivity index (χ1n) is 8.67. The van der Waals surface area contributed by atoms with Crippen molar-refractivity contribution in [3.63, 3.8) is 0 Å². The molecule has 0 radical (unpaired) electrons. The lowest BCUT2D eigenvalue weighted by Gasteiger charge is -2.09. The Labute approximate surface area is 179 Å². The van der Waals surface area contributed by atoms with Gasteiger partial charge in [0.25, 0.3) is 16.8 Å². The summed E-state index contributed by atoms with van der Waals surface area (Å²) in [5.74, 6) is -1.90. The van der Waals surface area contributed by atoms with Crippen molar-refractivity contribution in [3.05, 3.63) is 74.7 Å². The molecule has 1 heterocycles. The molecule has 0 saturated carbocycles. The molecule has 0 atom stereocenters. The number of nitro groups is 1. The Balaban J connectivity index is 1.69.